The van der Waals surface area contributed by atoms with Gasteiger partial charge in [0.1, 0.15) is 11.2 Å². The molecule has 0 bridgehead atoms. The van der Waals surface area contributed by atoms with Crippen molar-refractivity contribution in [3.05, 3.63) is 101 Å². The highest BCUT2D eigenvalue weighted by Crippen LogP contribution is 2.39. The van der Waals surface area contributed by atoms with Crippen LogP contribution in [0, 0.1) is 5.82 Å². The fraction of sp³-hybridized carbons (Fsp3) is 0.355. The second-order valence-electron chi connectivity index (χ2n) is 10.6. The molecular formula is C31H39FN4O4. The lowest BCUT2D eigenvalue weighted by molar-refractivity contribution is -0.134. The average molecular weight is 551 g/mol. The Bertz CT molecular complexity index is 1250. The summed E-state index contributed by atoms with van der Waals surface area (Å²) >= 11 is 0. The summed E-state index contributed by atoms with van der Waals surface area (Å²) in [5.74, 6) is -0.964. The summed E-state index contributed by atoms with van der Waals surface area (Å²) in [5.41, 5.74) is 6.97. The van der Waals surface area contributed by atoms with Crippen molar-refractivity contribution in [2.75, 3.05) is 32.9 Å². The Balaban J connectivity index is 0.00000441. The second-order valence-corrected chi connectivity index (χ2v) is 10.6. The zero-order valence-corrected chi connectivity index (χ0v) is 23.2. The highest BCUT2D eigenvalue weighted by Gasteiger charge is 2.45. The molecule has 4 rings (SSSR count). The summed E-state index contributed by atoms with van der Waals surface area (Å²) in [6.45, 7) is 3.03. The van der Waals surface area contributed by atoms with Crippen LogP contribution in [0.15, 0.2) is 78.9 Å². The third-order valence-corrected chi connectivity index (χ3v) is 7.72. The average Bonchev–Trinajstić information content (AvgIpc) is 2.93. The predicted octanol–water partition coefficient (Wildman–Crippen LogP) is 2.60. The molecule has 0 aliphatic carbocycles. The quantitative estimate of drug-likeness (QED) is 0.371. The summed E-state index contributed by atoms with van der Waals surface area (Å²) in [6.07, 6.45) is 0.205. The van der Waals surface area contributed by atoms with Crippen LogP contribution >= 0.6 is 0 Å². The normalized spacial score (nSPS) is 18.3. The van der Waals surface area contributed by atoms with Crippen molar-refractivity contribution < 1.29 is 24.6 Å². The van der Waals surface area contributed by atoms with E-state index in [4.69, 9.17) is 5.73 Å². The number of nitrogens with two attached hydrogens (primary N) is 1. The van der Waals surface area contributed by atoms with Gasteiger partial charge in [0.25, 0.3) is 5.91 Å². The smallest absolute Gasteiger partial charge is 0.253 e. The number of hydrogen-bond donors (Lipinski definition) is 3. The van der Waals surface area contributed by atoms with Crippen molar-refractivity contribution in [3.63, 3.8) is 0 Å². The third-order valence-electron chi connectivity index (χ3n) is 7.72. The number of nitrogens with one attached hydrogen (secondary N) is 1. The van der Waals surface area contributed by atoms with Gasteiger partial charge in [-0.2, -0.15) is 0 Å². The number of nitrogen functional groups attached to an aromatic ring is 1. The third kappa shape index (κ3) is 6.33. The number of likely N-dealkylation sites (tertiary alicyclic amines) is 1. The molecule has 3 aromatic rings. The molecule has 1 saturated heterocycles. The molecule has 0 spiro atoms. The van der Waals surface area contributed by atoms with Gasteiger partial charge < -0.3 is 26.5 Å². The van der Waals surface area contributed by atoms with Gasteiger partial charge in [0.05, 0.1) is 17.7 Å². The number of nitrogens with zero attached hydrogens (tertiary/aromatic N) is 2. The molecule has 2 amide bonds. The van der Waals surface area contributed by atoms with Gasteiger partial charge in [-0.1, -0.05) is 60.7 Å². The molecule has 3 atom stereocenters. The monoisotopic (exact) mass is 550 g/mol. The predicted molar refractivity (Wildman–Crippen MR) is 154 cm³/mol. The van der Waals surface area contributed by atoms with Crippen molar-refractivity contribution in [3.8, 4) is 0 Å². The zero-order chi connectivity index (χ0) is 28.2. The lowest BCUT2D eigenvalue weighted by Gasteiger charge is -2.44. The Morgan fingerprint density at radius 3 is 2.15 bits per heavy atom. The van der Waals surface area contributed by atoms with Crippen LogP contribution in [0.4, 0.5) is 10.1 Å². The van der Waals surface area contributed by atoms with Crippen LogP contribution in [0.25, 0.3) is 0 Å². The van der Waals surface area contributed by atoms with Gasteiger partial charge >= 0.3 is 0 Å². The minimum atomic E-state index is -0.915. The number of aliphatic hydroxyl groups excluding tert-OH is 1. The Morgan fingerprint density at radius 1 is 1.07 bits per heavy atom. The van der Waals surface area contributed by atoms with E-state index in [0.29, 0.717) is 25.9 Å². The number of carbonyl (C=O) groups is 2. The zero-order valence-electron chi connectivity index (χ0n) is 23.2. The fourth-order valence-corrected chi connectivity index (χ4v) is 5.65. The largest absolute Gasteiger partial charge is 0.412 e. The fourth-order valence-electron chi connectivity index (χ4n) is 5.65. The summed E-state index contributed by atoms with van der Waals surface area (Å²) < 4.78 is 13.4. The van der Waals surface area contributed by atoms with Crippen LogP contribution in [0.2, 0.25) is 0 Å². The molecule has 40 heavy (non-hydrogen) atoms. The maximum absolute atomic E-state index is 14.0. The lowest BCUT2D eigenvalue weighted by Crippen LogP contribution is -2.57. The minimum absolute atomic E-state index is 0. The minimum Gasteiger partial charge on any atom is -0.412 e. The van der Waals surface area contributed by atoms with Crippen LogP contribution in [0.3, 0.4) is 0 Å². The number of anilines is 1. The summed E-state index contributed by atoms with van der Waals surface area (Å²) in [7, 11) is 3.55. The van der Waals surface area contributed by atoms with E-state index in [-0.39, 0.29) is 28.7 Å². The molecular weight excluding hydrogens is 511 g/mol. The first-order valence-corrected chi connectivity index (χ1v) is 13.2. The van der Waals surface area contributed by atoms with Gasteiger partial charge in [0, 0.05) is 38.9 Å². The molecule has 6 N–H and O–H groups in total. The van der Waals surface area contributed by atoms with Gasteiger partial charge in [0.15, 0.2) is 0 Å². The molecule has 3 aromatic carbocycles. The van der Waals surface area contributed by atoms with Crippen molar-refractivity contribution in [2.45, 2.75) is 43.4 Å². The number of likely N-dealkylation sites (N-methyl/N-ethyl adjacent to an activating group) is 1. The number of rotatable bonds is 8. The van der Waals surface area contributed by atoms with Crippen molar-refractivity contribution in [1.29, 1.82) is 0 Å². The Kier molecular flexibility index (Phi) is 10.0. The molecule has 1 fully saturated rings. The number of aliphatic hydroxyl groups is 1. The number of hydrogen-bond acceptors (Lipinski definition) is 5. The van der Waals surface area contributed by atoms with Crippen LogP contribution in [-0.2, 0) is 10.2 Å². The Morgan fingerprint density at radius 2 is 1.65 bits per heavy atom. The van der Waals surface area contributed by atoms with Gasteiger partial charge in [-0.05, 0) is 49.1 Å². The number of benzene rings is 3. The van der Waals surface area contributed by atoms with Crippen LogP contribution in [0.1, 0.15) is 41.3 Å². The van der Waals surface area contributed by atoms with Gasteiger partial charge in [-0.15, -0.1) is 0 Å². The standard InChI is InChI=1S/C31H37FN4O3.H2O/c1-21(36-17-16-27(28(37)20-36)34-29(38)25-15-14-24(32)18-26(25)33)19-31(30(39)35(2)3,22-10-6-4-7-11-22)23-12-8-5-9-13-23;/h4-15,18,21,27-28,37H,16-17,19-20,33H2,1-3H3,(H,34,38);1H2/t21?,27-,28-;/m0./s1. The lowest BCUT2D eigenvalue weighted by atomic mass is 9.69. The topological polar surface area (TPSA) is 130 Å². The van der Waals surface area contributed by atoms with Crippen LogP contribution in [-0.4, -0.2) is 77.6 Å². The highest BCUT2D eigenvalue weighted by molar-refractivity contribution is 5.99. The van der Waals surface area contributed by atoms with E-state index in [2.05, 4.69) is 17.1 Å². The Hall–Kier alpha value is -3.79. The molecule has 1 aliphatic rings. The highest BCUT2D eigenvalue weighted by atomic mass is 19.1. The van der Waals surface area contributed by atoms with E-state index < -0.39 is 29.3 Å². The molecule has 0 aromatic heterocycles. The van der Waals surface area contributed by atoms with E-state index in [1.807, 2.05) is 60.7 Å². The Labute approximate surface area is 234 Å². The second kappa shape index (κ2) is 13.0. The van der Waals surface area contributed by atoms with E-state index >= 15 is 0 Å². The summed E-state index contributed by atoms with van der Waals surface area (Å²) in [4.78, 5) is 30.6. The van der Waals surface area contributed by atoms with Gasteiger partial charge in [-0.3, -0.25) is 14.5 Å². The first kappa shape index (κ1) is 30.7. The maximum Gasteiger partial charge on any atom is 0.253 e. The van der Waals surface area contributed by atoms with Crippen molar-refractivity contribution in [2.24, 2.45) is 0 Å². The molecule has 0 saturated carbocycles. The van der Waals surface area contributed by atoms with E-state index in [9.17, 15) is 19.1 Å². The SMILES string of the molecule is CC(CC(C(=O)N(C)C)(c1ccccc1)c1ccccc1)N1CC[C@H](NC(=O)c2ccc(F)cc2N)[C@@H](O)C1.O. The first-order valence-electron chi connectivity index (χ1n) is 13.2. The molecule has 214 valence electrons. The van der Waals surface area contributed by atoms with Crippen LogP contribution in [0.5, 0.6) is 0 Å². The molecule has 1 unspecified atom stereocenters. The number of carbonyl (C=O) groups excluding carboxylic acids is 2. The molecule has 8 nitrogen and oxygen atoms in total. The molecule has 9 heteroatoms. The summed E-state index contributed by atoms with van der Waals surface area (Å²) in [6, 6.07) is 22.8. The molecule has 1 heterocycles. The van der Waals surface area contributed by atoms with E-state index in [0.717, 1.165) is 17.2 Å². The van der Waals surface area contributed by atoms with Crippen molar-refractivity contribution in [1.82, 2.24) is 15.1 Å². The van der Waals surface area contributed by atoms with Crippen LogP contribution < -0.4 is 11.1 Å². The molecule has 1 aliphatic heterocycles. The van der Waals surface area contributed by atoms with E-state index in [1.54, 1.807) is 19.0 Å². The first-order chi connectivity index (χ1) is 18.6. The summed E-state index contributed by atoms with van der Waals surface area (Å²) in [5, 5.41) is 13.9. The molecule has 0 radical (unpaired) electrons. The maximum atomic E-state index is 14.0. The number of piperidine rings is 1. The van der Waals surface area contributed by atoms with Gasteiger partial charge in [0.2, 0.25) is 5.91 Å². The number of halogens is 1. The van der Waals surface area contributed by atoms with Crippen molar-refractivity contribution >= 4 is 17.5 Å². The van der Waals surface area contributed by atoms with Gasteiger partial charge in [-0.25, -0.2) is 4.39 Å². The van der Waals surface area contributed by atoms with E-state index in [1.165, 1.54) is 12.1 Å². The number of amides is 2. The number of β-amino-alcohol motifs (C(OH)–C–C–N with tert-alkyl or cyclic N) is 1.